The number of ether oxygens (including phenoxy) is 2. The third-order valence-electron chi connectivity index (χ3n) is 5.13. The Hall–Kier alpha value is -2.46. The summed E-state index contributed by atoms with van der Waals surface area (Å²) in [5.74, 6) is 1.72. The minimum Gasteiger partial charge on any atom is -0.454 e. The number of aromatic nitrogens is 1. The van der Waals surface area contributed by atoms with E-state index in [0.717, 1.165) is 30.9 Å². The Bertz CT molecular complexity index is 871. The summed E-state index contributed by atoms with van der Waals surface area (Å²) < 4.78 is 10.9. The lowest BCUT2D eigenvalue weighted by atomic mass is 10.0. The number of hydrogen-bond donors (Lipinski definition) is 1. The van der Waals surface area contributed by atoms with Gasteiger partial charge < -0.3 is 19.4 Å². The van der Waals surface area contributed by atoms with Crippen molar-refractivity contribution in [2.24, 2.45) is 0 Å². The summed E-state index contributed by atoms with van der Waals surface area (Å²) in [5.41, 5.74) is 3.89. The zero-order valence-corrected chi connectivity index (χ0v) is 14.8. The van der Waals surface area contributed by atoms with Crippen LogP contribution in [0.1, 0.15) is 18.1 Å². The van der Waals surface area contributed by atoms with E-state index in [9.17, 15) is 0 Å². The van der Waals surface area contributed by atoms with Crippen LogP contribution in [0.25, 0.3) is 10.9 Å². The number of H-pyrrole nitrogens is 1. The maximum absolute atomic E-state index is 5.48. The molecule has 0 fully saturated rings. The van der Waals surface area contributed by atoms with Crippen molar-refractivity contribution in [3.63, 3.8) is 0 Å². The third kappa shape index (κ3) is 3.35. The van der Waals surface area contributed by atoms with Gasteiger partial charge >= 0.3 is 0 Å². The van der Waals surface area contributed by atoms with Crippen molar-refractivity contribution in [2.75, 3.05) is 20.4 Å². The number of benzene rings is 2. The lowest BCUT2D eigenvalue weighted by Crippen LogP contribution is -2.32. The second-order valence-corrected chi connectivity index (χ2v) is 6.83. The Balaban J connectivity index is 1.36. The lowest BCUT2D eigenvalue weighted by molar-refractivity contribution is 0.174. The van der Waals surface area contributed by atoms with Gasteiger partial charge in [-0.2, -0.15) is 0 Å². The molecule has 1 aliphatic rings. The smallest absolute Gasteiger partial charge is 0.231 e. The van der Waals surface area contributed by atoms with Crippen LogP contribution < -0.4 is 9.47 Å². The Morgan fingerprint density at radius 2 is 1.96 bits per heavy atom. The van der Waals surface area contributed by atoms with Crippen molar-refractivity contribution in [2.45, 2.75) is 25.8 Å². The van der Waals surface area contributed by atoms with Crippen molar-refractivity contribution in [1.29, 1.82) is 0 Å². The molecule has 0 spiro atoms. The molecule has 130 valence electrons. The highest BCUT2D eigenvalue weighted by molar-refractivity contribution is 5.83. The van der Waals surface area contributed by atoms with Crippen LogP contribution in [-0.2, 0) is 12.8 Å². The largest absolute Gasteiger partial charge is 0.454 e. The number of fused-ring (bicyclic) bond motifs is 2. The minimum atomic E-state index is 0.332. The molecule has 1 aromatic heterocycles. The number of nitrogens with zero attached hydrogens (tertiary/aromatic N) is 1. The lowest BCUT2D eigenvalue weighted by Gasteiger charge is -2.24. The number of likely N-dealkylation sites (N-methyl/N-ethyl adjacent to an activating group) is 1. The van der Waals surface area contributed by atoms with E-state index in [1.165, 1.54) is 22.0 Å². The summed E-state index contributed by atoms with van der Waals surface area (Å²) in [6, 6.07) is 15.2. The molecule has 1 aliphatic heterocycles. The minimum absolute atomic E-state index is 0.332. The van der Waals surface area contributed by atoms with Crippen molar-refractivity contribution in [3.05, 3.63) is 59.8 Å². The van der Waals surface area contributed by atoms with E-state index in [-0.39, 0.29) is 0 Å². The van der Waals surface area contributed by atoms with Crippen molar-refractivity contribution in [1.82, 2.24) is 9.88 Å². The fourth-order valence-corrected chi connectivity index (χ4v) is 3.42. The second kappa shape index (κ2) is 6.81. The number of aromatic amines is 1. The summed E-state index contributed by atoms with van der Waals surface area (Å²) >= 11 is 0. The summed E-state index contributed by atoms with van der Waals surface area (Å²) in [6.45, 7) is 3.65. The van der Waals surface area contributed by atoms with Crippen molar-refractivity contribution >= 4 is 10.9 Å². The molecule has 0 radical (unpaired) electrons. The highest BCUT2D eigenvalue weighted by atomic mass is 16.7. The molecular weight excluding hydrogens is 312 g/mol. The van der Waals surface area contributed by atoms with Gasteiger partial charge in [0.15, 0.2) is 11.5 Å². The molecule has 0 bridgehead atoms. The van der Waals surface area contributed by atoms with E-state index in [1.54, 1.807) is 0 Å². The number of rotatable bonds is 6. The molecule has 1 atom stereocenters. The topological polar surface area (TPSA) is 37.5 Å². The highest BCUT2D eigenvalue weighted by Gasteiger charge is 2.16. The maximum atomic E-state index is 5.48. The summed E-state index contributed by atoms with van der Waals surface area (Å²) in [6.07, 6.45) is 4.19. The first-order valence-electron chi connectivity index (χ1n) is 8.84. The van der Waals surface area contributed by atoms with Crippen LogP contribution in [0.2, 0.25) is 0 Å². The Morgan fingerprint density at radius 1 is 1.12 bits per heavy atom. The van der Waals surface area contributed by atoms with Crippen LogP contribution >= 0.6 is 0 Å². The maximum Gasteiger partial charge on any atom is 0.231 e. The third-order valence-corrected chi connectivity index (χ3v) is 5.13. The number of para-hydroxylation sites is 1. The molecule has 1 unspecified atom stereocenters. The van der Waals surface area contributed by atoms with Gasteiger partial charge in [0.1, 0.15) is 0 Å². The summed E-state index contributed by atoms with van der Waals surface area (Å²) in [7, 11) is 2.20. The van der Waals surface area contributed by atoms with Crippen LogP contribution in [0.5, 0.6) is 11.5 Å². The van der Waals surface area contributed by atoms with Crippen molar-refractivity contribution < 1.29 is 9.47 Å². The molecule has 0 saturated carbocycles. The van der Waals surface area contributed by atoms with Crippen LogP contribution in [0.4, 0.5) is 0 Å². The van der Waals surface area contributed by atoms with Crippen LogP contribution in [0.3, 0.4) is 0 Å². The van der Waals surface area contributed by atoms with Gasteiger partial charge in [-0.1, -0.05) is 24.3 Å². The molecular formula is C21H24N2O2. The van der Waals surface area contributed by atoms with Gasteiger partial charge in [0.25, 0.3) is 0 Å². The van der Waals surface area contributed by atoms with Crippen LogP contribution in [-0.4, -0.2) is 36.3 Å². The van der Waals surface area contributed by atoms with E-state index in [1.807, 2.05) is 6.07 Å². The van der Waals surface area contributed by atoms with E-state index in [0.29, 0.717) is 12.8 Å². The molecule has 4 heteroatoms. The first-order valence-corrected chi connectivity index (χ1v) is 8.84. The standard InChI is InChI=1S/C21H24N2O2/c1-15(11-16-7-8-20-21(12-16)25-14-24-20)23(2)10-9-17-13-22-19-6-4-3-5-18(17)19/h3-8,12-13,15,22H,9-11,14H2,1-2H3. The molecule has 2 heterocycles. The fraction of sp³-hybridized carbons (Fsp3) is 0.333. The highest BCUT2D eigenvalue weighted by Crippen LogP contribution is 2.33. The second-order valence-electron chi connectivity index (χ2n) is 6.83. The van der Waals surface area contributed by atoms with Crippen LogP contribution in [0.15, 0.2) is 48.7 Å². The molecule has 3 aromatic rings. The van der Waals surface area contributed by atoms with Crippen molar-refractivity contribution in [3.8, 4) is 11.5 Å². The van der Waals surface area contributed by atoms with Gasteiger partial charge in [-0.05, 0) is 56.1 Å². The fourth-order valence-electron chi connectivity index (χ4n) is 3.42. The molecule has 0 saturated heterocycles. The van der Waals surface area contributed by atoms with E-state index in [4.69, 9.17) is 9.47 Å². The monoisotopic (exact) mass is 336 g/mol. The molecule has 2 aromatic carbocycles. The number of hydrogen-bond acceptors (Lipinski definition) is 3. The molecule has 1 N–H and O–H groups in total. The average molecular weight is 336 g/mol. The van der Waals surface area contributed by atoms with E-state index in [2.05, 4.69) is 66.5 Å². The molecule has 0 aliphatic carbocycles. The van der Waals surface area contributed by atoms with Crippen LogP contribution in [0, 0.1) is 0 Å². The predicted molar refractivity (Wildman–Crippen MR) is 100 cm³/mol. The van der Waals surface area contributed by atoms with Gasteiger partial charge in [-0.3, -0.25) is 0 Å². The van der Waals surface area contributed by atoms with Gasteiger partial charge in [0.2, 0.25) is 6.79 Å². The predicted octanol–water partition coefficient (Wildman–Crippen LogP) is 4.00. The average Bonchev–Trinajstić information content (AvgIpc) is 3.26. The Kier molecular flexibility index (Phi) is 4.36. The summed E-state index contributed by atoms with van der Waals surface area (Å²) in [4.78, 5) is 5.78. The zero-order valence-electron chi connectivity index (χ0n) is 14.8. The molecule has 0 amide bonds. The molecule has 4 rings (SSSR count). The SMILES string of the molecule is CC(Cc1ccc2c(c1)OCO2)N(C)CCc1c[nH]c2ccccc12. The normalized spacial score (nSPS) is 14.4. The molecule has 25 heavy (non-hydrogen) atoms. The van der Waals surface area contributed by atoms with Gasteiger partial charge in [-0.15, -0.1) is 0 Å². The van der Waals surface area contributed by atoms with E-state index < -0.39 is 0 Å². The molecule has 4 nitrogen and oxygen atoms in total. The zero-order chi connectivity index (χ0) is 17.2. The first-order chi connectivity index (χ1) is 12.2. The van der Waals surface area contributed by atoms with Gasteiger partial charge in [0, 0.05) is 29.7 Å². The van der Waals surface area contributed by atoms with Gasteiger partial charge in [0.05, 0.1) is 0 Å². The quantitative estimate of drug-likeness (QED) is 0.739. The van der Waals surface area contributed by atoms with E-state index >= 15 is 0 Å². The first kappa shape index (κ1) is 16.0. The number of nitrogens with one attached hydrogen (secondary N) is 1. The van der Waals surface area contributed by atoms with Gasteiger partial charge in [-0.25, -0.2) is 0 Å². The Labute approximate surface area is 148 Å². The Morgan fingerprint density at radius 3 is 2.88 bits per heavy atom. The summed E-state index contributed by atoms with van der Waals surface area (Å²) in [5, 5.41) is 1.33.